The molecule has 3 rings (SSSR count). The number of halogens is 2. The number of aryl methyl sites for hydroxylation is 1. The number of unbranched alkanes of at least 4 members (excludes halogenated alkanes) is 1. The van der Waals surface area contributed by atoms with Crippen LogP contribution in [0.25, 0.3) is 11.0 Å². The van der Waals surface area contributed by atoms with Crippen molar-refractivity contribution < 1.29 is 13.9 Å². The summed E-state index contributed by atoms with van der Waals surface area (Å²) >= 11 is 6.31. The second-order valence-corrected chi connectivity index (χ2v) is 9.11. The Morgan fingerprint density at radius 3 is 2.97 bits per heavy atom. The second-order valence-electron chi connectivity index (χ2n) is 8.71. The number of amides is 1. The minimum Gasteiger partial charge on any atom is -0.444 e. The van der Waals surface area contributed by atoms with Crippen LogP contribution in [0.2, 0.25) is 5.02 Å². The van der Waals surface area contributed by atoms with Crippen LogP contribution < -0.4 is 0 Å². The Bertz CT molecular complexity index is 856. The van der Waals surface area contributed by atoms with Gasteiger partial charge in [-0.05, 0) is 64.7 Å². The van der Waals surface area contributed by atoms with Crippen LogP contribution in [-0.2, 0) is 11.2 Å². The highest BCUT2D eigenvalue weighted by atomic mass is 35.5. The Hall–Kier alpha value is -1.95. The molecular weight excluding hydrogens is 393 g/mol. The first-order valence-corrected chi connectivity index (χ1v) is 10.6. The van der Waals surface area contributed by atoms with Gasteiger partial charge < -0.3 is 9.64 Å². The van der Waals surface area contributed by atoms with Crippen molar-refractivity contribution in [1.82, 2.24) is 14.9 Å². The van der Waals surface area contributed by atoms with Gasteiger partial charge in [0.2, 0.25) is 0 Å². The van der Waals surface area contributed by atoms with Gasteiger partial charge in [0.25, 0.3) is 0 Å². The summed E-state index contributed by atoms with van der Waals surface area (Å²) in [7, 11) is 0. The molecule has 0 radical (unpaired) electrons. The molecule has 1 aliphatic heterocycles. The van der Waals surface area contributed by atoms with E-state index < -0.39 is 11.8 Å². The number of carbonyl (C=O) groups excluding carboxylic acids is 1. The summed E-state index contributed by atoms with van der Waals surface area (Å²) in [5, 5.41) is 1.49. The molecule has 3 heterocycles. The summed E-state index contributed by atoms with van der Waals surface area (Å²) < 4.78 is 20.0. The van der Waals surface area contributed by atoms with Crippen molar-refractivity contribution in [2.75, 3.05) is 13.1 Å². The summed E-state index contributed by atoms with van der Waals surface area (Å²) in [6.07, 6.45) is 3.98. The van der Waals surface area contributed by atoms with Crippen LogP contribution in [0.15, 0.2) is 24.4 Å². The number of carbonyl (C=O) groups is 1. The van der Waals surface area contributed by atoms with Crippen molar-refractivity contribution in [2.45, 2.75) is 64.6 Å². The van der Waals surface area contributed by atoms with E-state index in [0.29, 0.717) is 36.6 Å². The third-order valence-electron chi connectivity index (χ3n) is 5.14. The van der Waals surface area contributed by atoms with Crippen LogP contribution in [-0.4, -0.2) is 45.8 Å². The number of fused-ring (bicyclic) bond motifs is 1. The molecule has 1 amide bonds. The van der Waals surface area contributed by atoms with E-state index in [0.717, 1.165) is 30.3 Å². The molecule has 0 N–H and O–H groups in total. The van der Waals surface area contributed by atoms with Crippen LogP contribution in [0, 0.1) is 5.92 Å². The summed E-state index contributed by atoms with van der Waals surface area (Å²) in [5.41, 5.74) is 1.000. The highest BCUT2D eigenvalue weighted by Gasteiger charge is 2.33. The van der Waals surface area contributed by atoms with Crippen molar-refractivity contribution in [3.63, 3.8) is 0 Å². The quantitative estimate of drug-likeness (QED) is 0.570. The molecule has 0 saturated carbocycles. The molecule has 7 heteroatoms. The number of ether oxygens (including phenoxy) is 1. The van der Waals surface area contributed by atoms with Crippen LogP contribution in [0.1, 0.15) is 52.1 Å². The normalized spacial score (nSPS) is 18.2. The average molecular weight is 422 g/mol. The lowest BCUT2D eigenvalue weighted by atomic mass is 9.97. The maximum absolute atomic E-state index is 14.7. The Labute approximate surface area is 176 Å². The maximum atomic E-state index is 14.7. The standard InChI is InChI=1S/C22H29ClFN3O2/c1-22(2,3)29-21(28)27-12-10-15(14-27)19(24)9-5-4-7-16-13-18(23)17-8-6-11-25-20(17)26-16/h6,8,11,13,15,19H,4-5,7,9-10,12,14H2,1-3H3. The van der Waals surface area contributed by atoms with Crippen molar-refractivity contribution in [1.29, 1.82) is 0 Å². The van der Waals surface area contributed by atoms with Gasteiger partial charge in [-0.25, -0.2) is 19.2 Å². The molecule has 0 aromatic carbocycles. The van der Waals surface area contributed by atoms with Crippen molar-refractivity contribution in [3.8, 4) is 0 Å². The first-order valence-electron chi connectivity index (χ1n) is 10.2. The van der Waals surface area contributed by atoms with Gasteiger partial charge in [-0.2, -0.15) is 0 Å². The van der Waals surface area contributed by atoms with Gasteiger partial charge in [0.15, 0.2) is 5.65 Å². The largest absolute Gasteiger partial charge is 0.444 e. The third-order valence-corrected chi connectivity index (χ3v) is 5.45. The summed E-state index contributed by atoms with van der Waals surface area (Å²) in [4.78, 5) is 22.5. The van der Waals surface area contributed by atoms with Gasteiger partial charge in [0, 0.05) is 36.3 Å². The number of alkyl halides is 1. The van der Waals surface area contributed by atoms with E-state index in [1.165, 1.54) is 0 Å². The predicted octanol–water partition coefficient (Wildman–Crippen LogP) is 5.59. The van der Waals surface area contributed by atoms with Crippen molar-refractivity contribution >= 4 is 28.7 Å². The van der Waals surface area contributed by atoms with E-state index in [9.17, 15) is 9.18 Å². The molecule has 2 unspecified atom stereocenters. The SMILES string of the molecule is CC(C)(C)OC(=O)N1CCC(C(F)CCCCc2cc(Cl)c3cccnc3n2)C1. The lowest BCUT2D eigenvalue weighted by molar-refractivity contribution is 0.0280. The highest BCUT2D eigenvalue weighted by molar-refractivity contribution is 6.35. The van der Waals surface area contributed by atoms with Crippen LogP contribution in [0.3, 0.4) is 0 Å². The molecule has 0 aliphatic carbocycles. The lowest BCUT2D eigenvalue weighted by Gasteiger charge is -2.24. The Morgan fingerprint density at radius 2 is 2.21 bits per heavy atom. The molecule has 2 aromatic heterocycles. The topological polar surface area (TPSA) is 55.3 Å². The molecule has 158 valence electrons. The number of likely N-dealkylation sites (tertiary alicyclic amines) is 1. The van der Waals surface area contributed by atoms with Crippen LogP contribution in [0.4, 0.5) is 9.18 Å². The fourth-order valence-electron chi connectivity index (χ4n) is 3.65. The first-order chi connectivity index (χ1) is 13.7. The lowest BCUT2D eigenvalue weighted by Crippen LogP contribution is -2.36. The fourth-order valence-corrected chi connectivity index (χ4v) is 3.92. The molecule has 29 heavy (non-hydrogen) atoms. The molecule has 0 bridgehead atoms. The smallest absolute Gasteiger partial charge is 0.410 e. The van der Waals surface area contributed by atoms with Crippen LogP contribution in [0.5, 0.6) is 0 Å². The second kappa shape index (κ2) is 9.24. The van der Waals surface area contributed by atoms with E-state index in [-0.39, 0.29) is 12.0 Å². The number of nitrogens with zero attached hydrogens (tertiary/aromatic N) is 3. The molecule has 1 fully saturated rings. The number of hydrogen-bond donors (Lipinski definition) is 0. The van der Waals surface area contributed by atoms with E-state index in [2.05, 4.69) is 9.97 Å². The zero-order chi connectivity index (χ0) is 21.0. The predicted molar refractivity (Wildman–Crippen MR) is 113 cm³/mol. The van der Waals surface area contributed by atoms with E-state index in [1.54, 1.807) is 11.1 Å². The van der Waals surface area contributed by atoms with Crippen molar-refractivity contribution in [3.05, 3.63) is 35.1 Å². The van der Waals surface area contributed by atoms with E-state index >= 15 is 0 Å². The monoisotopic (exact) mass is 421 g/mol. The average Bonchev–Trinajstić information content (AvgIpc) is 3.14. The number of hydrogen-bond acceptors (Lipinski definition) is 4. The first kappa shape index (κ1) is 21.8. The summed E-state index contributed by atoms with van der Waals surface area (Å²) in [5.74, 6) is -0.111. The maximum Gasteiger partial charge on any atom is 0.410 e. The van der Waals surface area contributed by atoms with Gasteiger partial charge in [0.1, 0.15) is 11.8 Å². The van der Waals surface area contributed by atoms with E-state index in [1.807, 2.05) is 39.0 Å². The Morgan fingerprint density at radius 1 is 1.41 bits per heavy atom. The molecule has 0 spiro atoms. The summed E-state index contributed by atoms with van der Waals surface area (Å²) in [6, 6.07) is 5.61. The van der Waals surface area contributed by atoms with Crippen LogP contribution >= 0.6 is 11.6 Å². The van der Waals surface area contributed by atoms with E-state index in [4.69, 9.17) is 16.3 Å². The molecule has 1 saturated heterocycles. The van der Waals surface area contributed by atoms with Crippen molar-refractivity contribution in [2.24, 2.45) is 5.92 Å². The molecule has 5 nitrogen and oxygen atoms in total. The zero-order valence-corrected chi connectivity index (χ0v) is 18.1. The van der Waals surface area contributed by atoms with Gasteiger partial charge >= 0.3 is 6.09 Å². The minimum atomic E-state index is -0.905. The number of pyridine rings is 2. The Balaban J connectivity index is 1.42. The van der Waals surface area contributed by atoms with Gasteiger partial charge in [-0.1, -0.05) is 18.0 Å². The van der Waals surface area contributed by atoms with Gasteiger partial charge in [-0.3, -0.25) is 0 Å². The zero-order valence-electron chi connectivity index (χ0n) is 17.3. The fraction of sp³-hybridized carbons (Fsp3) is 0.591. The molecule has 2 aromatic rings. The number of rotatable bonds is 6. The summed E-state index contributed by atoms with van der Waals surface area (Å²) in [6.45, 7) is 6.51. The van der Waals surface area contributed by atoms with Gasteiger partial charge in [-0.15, -0.1) is 0 Å². The molecule has 2 atom stereocenters. The Kier molecular flexibility index (Phi) is 6.93. The minimum absolute atomic E-state index is 0.111. The number of aromatic nitrogens is 2. The third kappa shape index (κ3) is 6.01. The highest BCUT2D eigenvalue weighted by Crippen LogP contribution is 2.27. The molecular formula is C22H29ClFN3O2. The molecule has 1 aliphatic rings. The van der Waals surface area contributed by atoms with Gasteiger partial charge in [0.05, 0.1) is 5.02 Å².